The fraction of sp³-hybridized carbons (Fsp3) is 0.250. The smallest absolute Gasteiger partial charge is 0.230 e. The Labute approximate surface area is 124 Å². The molecule has 0 saturated carbocycles. The van der Waals surface area contributed by atoms with Crippen LogP contribution in [0.1, 0.15) is 17.5 Å². The van der Waals surface area contributed by atoms with Gasteiger partial charge in [0.1, 0.15) is 5.01 Å². The second-order valence-electron chi connectivity index (χ2n) is 3.78. The molecule has 0 spiro atoms. The minimum atomic E-state index is -0.214. The zero-order valence-electron chi connectivity index (χ0n) is 10.1. The second-order valence-corrected chi connectivity index (χ2v) is 5.66. The maximum atomic E-state index is 11.9. The largest absolute Gasteiger partial charge is 0.300 e. The van der Waals surface area contributed by atoms with Crippen LogP contribution in [0.2, 0.25) is 10.0 Å². The lowest BCUT2D eigenvalue weighted by Crippen LogP contribution is -2.14. The van der Waals surface area contributed by atoms with Crippen LogP contribution in [-0.2, 0) is 17.6 Å². The number of rotatable bonds is 4. The summed E-state index contributed by atoms with van der Waals surface area (Å²) in [4.78, 5) is 11.9. The molecule has 0 atom stereocenters. The SMILES string of the molecule is CCc1nnc(NC(=O)Cc2c(Cl)cccc2Cl)s1. The predicted octanol–water partition coefficient (Wildman–Crippen LogP) is 3.59. The molecule has 0 fully saturated rings. The minimum Gasteiger partial charge on any atom is -0.300 e. The molecule has 0 radical (unpaired) electrons. The van der Waals surface area contributed by atoms with E-state index >= 15 is 0 Å². The monoisotopic (exact) mass is 315 g/mol. The fourth-order valence-electron chi connectivity index (χ4n) is 1.47. The first-order valence-corrected chi connectivity index (χ1v) is 7.22. The Bertz CT molecular complexity index is 580. The molecular weight excluding hydrogens is 305 g/mol. The Morgan fingerprint density at radius 1 is 1.32 bits per heavy atom. The molecule has 1 N–H and O–H groups in total. The third-order valence-corrected chi connectivity index (χ3v) is 4.11. The van der Waals surface area contributed by atoms with Crippen LogP contribution in [0.4, 0.5) is 5.13 Å². The molecule has 1 heterocycles. The molecule has 19 heavy (non-hydrogen) atoms. The number of nitrogens with one attached hydrogen (secondary N) is 1. The van der Waals surface area contributed by atoms with Crippen molar-refractivity contribution < 1.29 is 4.79 Å². The van der Waals surface area contributed by atoms with Crippen LogP contribution in [-0.4, -0.2) is 16.1 Å². The van der Waals surface area contributed by atoms with Crippen LogP contribution in [0.15, 0.2) is 18.2 Å². The van der Waals surface area contributed by atoms with Gasteiger partial charge in [0.2, 0.25) is 11.0 Å². The first kappa shape index (κ1) is 14.2. The minimum absolute atomic E-state index is 0.111. The summed E-state index contributed by atoms with van der Waals surface area (Å²) in [7, 11) is 0. The molecule has 0 aliphatic carbocycles. The number of aromatic nitrogens is 2. The van der Waals surface area contributed by atoms with E-state index in [4.69, 9.17) is 23.2 Å². The third-order valence-electron chi connectivity index (χ3n) is 2.41. The zero-order valence-corrected chi connectivity index (χ0v) is 12.4. The molecule has 0 bridgehead atoms. The summed E-state index contributed by atoms with van der Waals surface area (Å²) >= 11 is 13.4. The third kappa shape index (κ3) is 3.65. The van der Waals surface area contributed by atoms with E-state index in [1.165, 1.54) is 11.3 Å². The van der Waals surface area contributed by atoms with Gasteiger partial charge in [0, 0.05) is 10.0 Å². The highest BCUT2D eigenvalue weighted by molar-refractivity contribution is 7.15. The van der Waals surface area contributed by atoms with E-state index in [0.717, 1.165) is 11.4 Å². The van der Waals surface area contributed by atoms with Crippen LogP contribution in [0.5, 0.6) is 0 Å². The van der Waals surface area contributed by atoms with Gasteiger partial charge in [0.05, 0.1) is 6.42 Å². The second kappa shape index (κ2) is 6.32. The van der Waals surface area contributed by atoms with E-state index in [2.05, 4.69) is 15.5 Å². The summed E-state index contributed by atoms with van der Waals surface area (Å²) in [6, 6.07) is 5.15. The summed E-state index contributed by atoms with van der Waals surface area (Å²) in [6.07, 6.45) is 0.906. The topological polar surface area (TPSA) is 54.9 Å². The lowest BCUT2D eigenvalue weighted by atomic mass is 10.1. The Morgan fingerprint density at radius 3 is 2.58 bits per heavy atom. The molecule has 0 aliphatic rings. The average molecular weight is 316 g/mol. The average Bonchev–Trinajstić information content (AvgIpc) is 2.81. The van der Waals surface area contributed by atoms with Gasteiger partial charge in [-0.05, 0) is 24.1 Å². The van der Waals surface area contributed by atoms with Crippen LogP contribution < -0.4 is 5.32 Å². The van der Waals surface area contributed by atoms with Crippen LogP contribution in [0, 0.1) is 0 Å². The van der Waals surface area contributed by atoms with E-state index in [-0.39, 0.29) is 12.3 Å². The molecule has 0 aliphatic heterocycles. The van der Waals surface area contributed by atoms with Gasteiger partial charge in [-0.1, -0.05) is 47.5 Å². The standard InChI is InChI=1S/C12H11Cl2N3OS/c1-2-11-16-17-12(19-11)15-10(18)6-7-8(13)4-3-5-9(7)14/h3-5H,2,6H2,1H3,(H,15,17,18). The molecule has 0 unspecified atom stereocenters. The number of carbonyl (C=O) groups excluding carboxylic acids is 1. The van der Waals surface area contributed by atoms with Gasteiger partial charge in [-0.3, -0.25) is 4.79 Å². The van der Waals surface area contributed by atoms with Crippen LogP contribution in [0.3, 0.4) is 0 Å². The number of carbonyl (C=O) groups is 1. The molecule has 1 aromatic heterocycles. The van der Waals surface area contributed by atoms with E-state index in [1.807, 2.05) is 6.92 Å². The van der Waals surface area contributed by atoms with Gasteiger partial charge in [-0.25, -0.2) is 0 Å². The quantitative estimate of drug-likeness (QED) is 0.938. The van der Waals surface area contributed by atoms with Crippen molar-refractivity contribution in [2.45, 2.75) is 19.8 Å². The van der Waals surface area contributed by atoms with E-state index in [1.54, 1.807) is 18.2 Å². The summed E-state index contributed by atoms with van der Waals surface area (Å²) in [5.74, 6) is -0.214. The number of amides is 1. The molecule has 0 saturated heterocycles. The van der Waals surface area contributed by atoms with Crippen LogP contribution in [0.25, 0.3) is 0 Å². The lowest BCUT2D eigenvalue weighted by Gasteiger charge is -2.06. The number of hydrogen-bond acceptors (Lipinski definition) is 4. The highest BCUT2D eigenvalue weighted by Gasteiger charge is 2.12. The van der Waals surface area contributed by atoms with Crippen molar-refractivity contribution in [1.82, 2.24) is 10.2 Å². The molecule has 1 amide bonds. The van der Waals surface area contributed by atoms with Crippen molar-refractivity contribution >= 4 is 45.6 Å². The molecular formula is C12H11Cl2N3OS. The maximum Gasteiger partial charge on any atom is 0.230 e. The predicted molar refractivity (Wildman–Crippen MR) is 78.1 cm³/mol. The molecule has 100 valence electrons. The summed E-state index contributed by atoms with van der Waals surface area (Å²) in [5.41, 5.74) is 0.614. The molecule has 2 aromatic rings. The Morgan fingerprint density at radius 2 is 2.00 bits per heavy atom. The first-order valence-electron chi connectivity index (χ1n) is 5.65. The van der Waals surface area contributed by atoms with E-state index < -0.39 is 0 Å². The summed E-state index contributed by atoms with van der Waals surface area (Å²) in [6.45, 7) is 1.98. The van der Waals surface area contributed by atoms with Crippen molar-refractivity contribution in [3.8, 4) is 0 Å². The molecule has 4 nitrogen and oxygen atoms in total. The molecule has 2 rings (SSSR count). The number of nitrogens with zero attached hydrogens (tertiary/aromatic N) is 2. The van der Waals surface area contributed by atoms with Gasteiger partial charge >= 0.3 is 0 Å². The van der Waals surface area contributed by atoms with Gasteiger partial charge in [-0.15, -0.1) is 10.2 Å². The molecule has 7 heteroatoms. The van der Waals surface area contributed by atoms with E-state index in [9.17, 15) is 4.79 Å². The van der Waals surface area contributed by atoms with Crippen molar-refractivity contribution in [1.29, 1.82) is 0 Å². The fourth-order valence-corrected chi connectivity index (χ4v) is 2.70. The zero-order chi connectivity index (χ0) is 13.8. The normalized spacial score (nSPS) is 10.5. The van der Waals surface area contributed by atoms with E-state index in [0.29, 0.717) is 20.7 Å². The van der Waals surface area contributed by atoms with Crippen molar-refractivity contribution in [2.75, 3.05) is 5.32 Å². The number of hydrogen-bond donors (Lipinski definition) is 1. The van der Waals surface area contributed by atoms with Gasteiger partial charge in [-0.2, -0.15) is 0 Å². The lowest BCUT2D eigenvalue weighted by molar-refractivity contribution is -0.115. The van der Waals surface area contributed by atoms with Gasteiger partial charge < -0.3 is 5.32 Å². The number of halogens is 2. The van der Waals surface area contributed by atoms with Crippen molar-refractivity contribution in [3.63, 3.8) is 0 Å². The summed E-state index contributed by atoms with van der Waals surface area (Å²) < 4.78 is 0. The van der Waals surface area contributed by atoms with Gasteiger partial charge in [0.25, 0.3) is 0 Å². The maximum absolute atomic E-state index is 11.9. The first-order chi connectivity index (χ1) is 9.10. The van der Waals surface area contributed by atoms with Crippen molar-refractivity contribution in [3.05, 3.63) is 38.8 Å². The Hall–Kier alpha value is -1.17. The Kier molecular flexibility index (Phi) is 4.74. The number of benzene rings is 1. The highest BCUT2D eigenvalue weighted by atomic mass is 35.5. The van der Waals surface area contributed by atoms with Gasteiger partial charge in [0.15, 0.2) is 0 Å². The number of aryl methyl sites for hydroxylation is 1. The van der Waals surface area contributed by atoms with Crippen molar-refractivity contribution in [2.24, 2.45) is 0 Å². The Balaban J connectivity index is 2.05. The molecule has 1 aromatic carbocycles. The highest BCUT2D eigenvalue weighted by Crippen LogP contribution is 2.25. The van der Waals surface area contributed by atoms with Crippen LogP contribution >= 0.6 is 34.5 Å². The number of anilines is 1. The summed E-state index contributed by atoms with van der Waals surface area (Å²) in [5, 5.41) is 12.8.